The van der Waals surface area contributed by atoms with Gasteiger partial charge in [-0.2, -0.15) is 4.31 Å². The summed E-state index contributed by atoms with van der Waals surface area (Å²) in [5, 5.41) is 5.46. The lowest BCUT2D eigenvalue weighted by atomic mass is 9.76. The zero-order valence-corrected chi connectivity index (χ0v) is 21.5. The second-order valence-corrected chi connectivity index (χ2v) is 11.6. The quantitative estimate of drug-likeness (QED) is 0.558. The number of anilines is 1. The van der Waals surface area contributed by atoms with Gasteiger partial charge in [0.1, 0.15) is 17.8 Å². The van der Waals surface area contributed by atoms with E-state index in [-0.39, 0.29) is 16.3 Å². The molecule has 1 aliphatic carbocycles. The van der Waals surface area contributed by atoms with Crippen LogP contribution < -0.4 is 15.4 Å². The van der Waals surface area contributed by atoms with E-state index in [0.29, 0.717) is 19.5 Å². The molecule has 2 aliphatic heterocycles. The lowest BCUT2D eigenvalue weighted by molar-refractivity contribution is -0.134. The van der Waals surface area contributed by atoms with Crippen LogP contribution in [0.1, 0.15) is 43.2 Å². The maximum atomic E-state index is 13.5. The molecule has 2 saturated heterocycles. The largest absolute Gasteiger partial charge is 0.495 e. The number of fused-ring (bicyclic) bond motifs is 2. The predicted molar refractivity (Wildman–Crippen MR) is 136 cm³/mol. The van der Waals surface area contributed by atoms with Gasteiger partial charge in [0.05, 0.1) is 17.7 Å². The minimum Gasteiger partial charge on any atom is -0.495 e. The molecule has 0 aromatic heterocycles. The number of rotatable bonds is 6. The van der Waals surface area contributed by atoms with Crippen molar-refractivity contribution in [3.05, 3.63) is 53.6 Å². The van der Waals surface area contributed by atoms with Crippen LogP contribution in [0.4, 0.5) is 10.5 Å². The van der Waals surface area contributed by atoms with E-state index in [1.807, 2.05) is 24.3 Å². The number of carbonyl (C=O) groups is 3. The molecule has 0 bridgehead atoms. The van der Waals surface area contributed by atoms with E-state index in [0.717, 1.165) is 48.1 Å². The number of amides is 4. The zero-order chi connectivity index (χ0) is 26.2. The van der Waals surface area contributed by atoms with Gasteiger partial charge in [-0.05, 0) is 61.4 Å². The molecule has 2 heterocycles. The molecule has 4 amide bonds. The Balaban J connectivity index is 1.35. The molecule has 1 unspecified atom stereocenters. The highest BCUT2D eigenvalue weighted by Crippen LogP contribution is 2.40. The van der Waals surface area contributed by atoms with Crippen molar-refractivity contribution in [2.45, 2.75) is 49.0 Å². The van der Waals surface area contributed by atoms with Gasteiger partial charge in [0.25, 0.3) is 5.91 Å². The summed E-state index contributed by atoms with van der Waals surface area (Å²) in [6.07, 6.45) is 4.60. The monoisotopic (exact) mass is 526 g/mol. The van der Waals surface area contributed by atoms with E-state index in [4.69, 9.17) is 4.74 Å². The SMILES string of the molecule is COc1ccc(S(=O)(=O)N2CCCCC2)cc1NC(=O)CN1C(=O)NC2(CCCc3ccccc32)C1=O. The highest BCUT2D eigenvalue weighted by Gasteiger charge is 2.54. The lowest BCUT2D eigenvalue weighted by Crippen LogP contribution is -2.47. The van der Waals surface area contributed by atoms with E-state index in [9.17, 15) is 22.8 Å². The van der Waals surface area contributed by atoms with E-state index in [1.54, 1.807) is 0 Å². The Kier molecular flexibility index (Phi) is 6.67. The third-order valence-corrected chi connectivity index (χ3v) is 9.24. The van der Waals surface area contributed by atoms with Gasteiger partial charge in [0.15, 0.2) is 0 Å². The number of hydrogen-bond donors (Lipinski definition) is 2. The van der Waals surface area contributed by atoms with Crippen LogP contribution in [-0.2, 0) is 31.6 Å². The van der Waals surface area contributed by atoms with Gasteiger partial charge < -0.3 is 15.4 Å². The summed E-state index contributed by atoms with van der Waals surface area (Å²) in [4.78, 5) is 40.3. The molecular formula is C26H30N4O6S. The number of hydrogen-bond acceptors (Lipinski definition) is 6. The number of piperidine rings is 1. The Labute approximate surface area is 216 Å². The van der Waals surface area contributed by atoms with Crippen LogP contribution >= 0.6 is 0 Å². The van der Waals surface area contributed by atoms with Crippen molar-refractivity contribution in [1.29, 1.82) is 0 Å². The average Bonchev–Trinajstić information content (AvgIpc) is 3.13. The second-order valence-electron chi connectivity index (χ2n) is 9.61. The van der Waals surface area contributed by atoms with Gasteiger partial charge in [0, 0.05) is 13.1 Å². The summed E-state index contributed by atoms with van der Waals surface area (Å²) >= 11 is 0. The third-order valence-electron chi connectivity index (χ3n) is 7.35. The van der Waals surface area contributed by atoms with Gasteiger partial charge >= 0.3 is 6.03 Å². The number of nitrogens with one attached hydrogen (secondary N) is 2. The number of benzene rings is 2. The molecule has 2 aromatic rings. The first-order chi connectivity index (χ1) is 17.8. The fourth-order valence-corrected chi connectivity index (χ4v) is 7.03. The number of imide groups is 1. The van der Waals surface area contributed by atoms with Crippen molar-refractivity contribution < 1.29 is 27.5 Å². The molecule has 3 aliphatic rings. The number of aryl methyl sites for hydroxylation is 1. The van der Waals surface area contributed by atoms with Gasteiger partial charge in [-0.15, -0.1) is 0 Å². The van der Waals surface area contributed by atoms with Crippen LogP contribution in [0.3, 0.4) is 0 Å². The molecule has 0 radical (unpaired) electrons. The van der Waals surface area contributed by atoms with Crippen molar-refractivity contribution in [2.75, 3.05) is 32.1 Å². The van der Waals surface area contributed by atoms with Crippen molar-refractivity contribution in [3.8, 4) is 5.75 Å². The molecule has 5 rings (SSSR count). The third kappa shape index (κ3) is 4.46. The summed E-state index contributed by atoms with van der Waals surface area (Å²) in [6.45, 7) is 0.390. The molecule has 2 fully saturated rings. The standard InChI is InChI=1S/C26H30N4O6S/c1-36-22-12-11-19(37(34,35)29-14-5-2-6-15-29)16-21(22)27-23(31)17-30-24(32)26(28-25(30)33)13-7-9-18-8-3-4-10-20(18)26/h3-4,8,10-12,16H,2,5-7,9,13-15,17H2,1H3,(H,27,31)(H,28,33). The maximum absolute atomic E-state index is 13.5. The Hall–Kier alpha value is -3.44. The molecule has 2 N–H and O–H groups in total. The molecular weight excluding hydrogens is 496 g/mol. The van der Waals surface area contributed by atoms with Crippen LogP contribution in [0.15, 0.2) is 47.4 Å². The zero-order valence-electron chi connectivity index (χ0n) is 20.7. The van der Waals surface area contributed by atoms with Gasteiger partial charge in [-0.1, -0.05) is 30.7 Å². The predicted octanol–water partition coefficient (Wildman–Crippen LogP) is 2.59. The topological polar surface area (TPSA) is 125 Å². The smallest absolute Gasteiger partial charge is 0.325 e. The number of carbonyl (C=O) groups excluding carboxylic acids is 3. The van der Waals surface area contributed by atoms with Gasteiger partial charge in [0.2, 0.25) is 15.9 Å². The summed E-state index contributed by atoms with van der Waals surface area (Å²) in [7, 11) is -2.33. The van der Waals surface area contributed by atoms with Crippen LogP contribution in [-0.4, -0.2) is 62.2 Å². The summed E-state index contributed by atoms with van der Waals surface area (Å²) in [5.74, 6) is -0.843. The maximum Gasteiger partial charge on any atom is 0.325 e. The number of ether oxygens (including phenoxy) is 1. The van der Waals surface area contributed by atoms with Crippen LogP contribution in [0.2, 0.25) is 0 Å². The molecule has 1 atom stereocenters. The summed E-state index contributed by atoms with van der Waals surface area (Å²) < 4.78 is 33.0. The second kappa shape index (κ2) is 9.79. The Morgan fingerprint density at radius 2 is 1.84 bits per heavy atom. The summed E-state index contributed by atoms with van der Waals surface area (Å²) in [5.41, 5.74) is 0.743. The van der Waals surface area contributed by atoms with Gasteiger partial charge in [-0.3, -0.25) is 14.5 Å². The van der Waals surface area contributed by atoms with Crippen molar-refractivity contribution in [1.82, 2.24) is 14.5 Å². The molecule has 196 valence electrons. The normalized spacial score (nSPS) is 22.0. The van der Waals surface area contributed by atoms with Crippen molar-refractivity contribution in [2.24, 2.45) is 0 Å². The first-order valence-corrected chi connectivity index (χ1v) is 13.9. The number of methoxy groups -OCH3 is 1. The van der Waals surface area contributed by atoms with E-state index in [1.165, 1.54) is 29.6 Å². The summed E-state index contributed by atoms with van der Waals surface area (Å²) in [6, 6.07) is 11.2. The molecule has 10 nitrogen and oxygen atoms in total. The molecule has 11 heteroatoms. The first kappa shape index (κ1) is 25.2. The Morgan fingerprint density at radius 1 is 1.08 bits per heavy atom. The molecule has 2 aromatic carbocycles. The number of urea groups is 1. The number of sulfonamides is 1. The fraction of sp³-hybridized carbons (Fsp3) is 0.423. The molecule has 1 spiro atoms. The van der Waals surface area contributed by atoms with Crippen molar-refractivity contribution in [3.63, 3.8) is 0 Å². The average molecular weight is 527 g/mol. The fourth-order valence-electron chi connectivity index (χ4n) is 5.49. The minimum absolute atomic E-state index is 0.0401. The van der Waals surface area contributed by atoms with Crippen LogP contribution in [0, 0.1) is 0 Å². The Morgan fingerprint density at radius 3 is 2.59 bits per heavy atom. The first-order valence-electron chi connectivity index (χ1n) is 12.5. The lowest BCUT2D eigenvalue weighted by Gasteiger charge is -2.33. The van der Waals surface area contributed by atoms with Crippen LogP contribution in [0.25, 0.3) is 0 Å². The minimum atomic E-state index is -3.73. The van der Waals surface area contributed by atoms with Crippen LogP contribution in [0.5, 0.6) is 5.75 Å². The molecule has 37 heavy (non-hydrogen) atoms. The highest BCUT2D eigenvalue weighted by molar-refractivity contribution is 7.89. The van der Waals surface area contributed by atoms with Crippen molar-refractivity contribution >= 4 is 33.6 Å². The number of nitrogens with zero attached hydrogens (tertiary/aromatic N) is 2. The van der Waals surface area contributed by atoms with Gasteiger partial charge in [-0.25, -0.2) is 13.2 Å². The van der Waals surface area contributed by atoms with E-state index in [2.05, 4.69) is 10.6 Å². The highest BCUT2D eigenvalue weighted by atomic mass is 32.2. The Bertz CT molecular complexity index is 1350. The molecule has 0 saturated carbocycles. The van der Waals surface area contributed by atoms with E-state index >= 15 is 0 Å². The van der Waals surface area contributed by atoms with E-state index < -0.39 is 40.0 Å².